The Kier molecular flexibility index (Phi) is 6.01. The summed E-state index contributed by atoms with van der Waals surface area (Å²) in [6.07, 6.45) is 0.697. The van der Waals surface area contributed by atoms with Gasteiger partial charge in [-0.3, -0.25) is 4.79 Å². The topological polar surface area (TPSA) is 38.3 Å². The van der Waals surface area contributed by atoms with Crippen molar-refractivity contribution in [2.75, 3.05) is 20.3 Å². The van der Waals surface area contributed by atoms with Crippen LogP contribution in [0.15, 0.2) is 0 Å². The Morgan fingerprint density at radius 2 is 2.08 bits per heavy atom. The number of ether oxygens (including phenoxy) is 1. The zero-order valence-corrected chi connectivity index (χ0v) is 8.84. The van der Waals surface area contributed by atoms with E-state index in [0.717, 1.165) is 0 Å². The standard InChI is InChI=1S/C6H10Cl3NO2/c1-12-4-2-3-10-5(11)6(7,8)9/h2-4H2,1H3,(H,10,11). The molecule has 0 spiro atoms. The summed E-state index contributed by atoms with van der Waals surface area (Å²) in [4.78, 5) is 10.9. The molecule has 0 aromatic carbocycles. The number of rotatable bonds is 4. The number of carbonyl (C=O) groups is 1. The predicted molar refractivity (Wildman–Crippen MR) is 49.8 cm³/mol. The van der Waals surface area contributed by atoms with Gasteiger partial charge in [-0.25, -0.2) is 0 Å². The molecule has 12 heavy (non-hydrogen) atoms. The summed E-state index contributed by atoms with van der Waals surface area (Å²) in [7, 11) is 1.58. The zero-order chi connectivity index (χ0) is 9.61. The molecule has 0 rings (SSSR count). The van der Waals surface area contributed by atoms with Crippen LogP contribution in [0.25, 0.3) is 0 Å². The van der Waals surface area contributed by atoms with Gasteiger partial charge in [0.05, 0.1) is 0 Å². The lowest BCUT2D eigenvalue weighted by molar-refractivity contribution is -0.120. The van der Waals surface area contributed by atoms with Crippen LogP contribution < -0.4 is 5.32 Å². The summed E-state index contributed by atoms with van der Waals surface area (Å²) in [6, 6.07) is 0. The molecular weight excluding hydrogens is 224 g/mol. The van der Waals surface area contributed by atoms with Gasteiger partial charge in [-0.15, -0.1) is 0 Å². The number of methoxy groups -OCH3 is 1. The summed E-state index contributed by atoms with van der Waals surface area (Å²) in [6.45, 7) is 1.01. The van der Waals surface area contributed by atoms with E-state index >= 15 is 0 Å². The SMILES string of the molecule is COCCCNC(=O)C(Cl)(Cl)Cl. The third-order valence-corrected chi connectivity index (χ3v) is 1.58. The third kappa shape index (κ3) is 5.89. The fourth-order valence-corrected chi connectivity index (χ4v) is 0.719. The van der Waals surface area contributed by atoms with Crippen molar-refractivity contribution in [3.05, 3.63) is 0 Å². The predicted octanol–water partition coefficient (Wildman–Crippen LogP) is 1.51. The average molecular weight is 235 g/mol. The quantitative estimate of drug-likeness (QED) is 0.591. The van der Waals surface area contributed by atoms with Crippen molar-refractivity contribution < 1.29 is 9.53 Å². The van der Waals surface area contributed by atoms with Crippen molar-refractivity contribution in [1.82, 2.24) is 5.32 Å². The van der Waals surface area contributed by atoms with Gasteiger partial charge in [-0.05, 0) is 6.42 Å². The van der Waals surface area contributed by atoms with Crippen LogP contribution in [0.3, 0.4) is 0 Å². The molecule has 0 fully saturated rings. The van der Waals surface area contributed by atoms with E-state index < -0.39 is 9.70 Å². The summed E-state index contributed by atoms with van der Waals surface area (Å²) >= 11 is 15.9. The molecule has 0 heterocycles. The number of carbonyl (C=O) groups excluding carboxylic acids is 1. The molecule has 3 nitrogen and oxygen atoms in total. The highest BCUT2D eigenvalue weighted by molar-refractivity contribution is 6.76. The minimum atomic E-state index is -1.87. The van der Waals surface area contributed by atoms with Crippen LogP contribution in [0.4, 0.5) is 0 Å². The molecule has 0 aliphatic carbocycles. The highest BCUT2D eigenvalue weighted by Gasteiger charge is 2.29. The molecule has 1 N–H and O–H groups in total. The molecular formula is C6H10Cl3NO2. The normalized spacial score (nSPS) is 11.3. The highest BCUT2D eigenvalue weighted by Crippen LogP contribution is 2.25. The van der Waals surface area contributed by atoms with Crippen molar-refractivity contribution in [2.45, 2.75) is 10.2 Å². The Bertz CT molecular complexity index is 146. The molecule has 72 valence electrons. The largest absolute Gasteiger partial charge is 0.385 e. The second-order valence-corrected chi connectivity index (χ2v) is 4.38. The van der Waals surface area contributed by atoms with Crippen LogP contribution in [-0.2, 0) is 9.53 Å². The van der Waals surface area contributed by atoms with Gasteiger partial charge >= 0.3 is 0 Å². The molecule has 0 aliphatic rings. The Balaban J connectivity index is 3.45. The number of alkyl halides is 3. The van der Waals surface area contributed by atoms with E-state index in [1.165, 1.54) is 0 Å². The minimum absolute atomic E-state index is 0.445. The first-order valence-corrected chi connectivity index (χ1v) is 4.46. The van der Waals surface area contributed by atoms with Crippen LogP contribution in [0.2, 0.25) is 0 Å². The molecule has 0 bridgehead atoms. The summed E-state index contributed by atoms with van der Waals surface area (Å²) in [5.41, 5.74) is 0. The van der Waals surface area contributed by atoms with E-state index in [1.54, 1.807) is 7.11 Å². The molecule has 0 saturated heterocycles. The number of nitrogens with one attached hydrogen (secondary N) is 1. The van der Waals surface area contributed by atoms with Crippen molar-refractivity contribution >= 4 is 40.7 Å². The van der Waals surface area contributed by atoms with Crippen LogP contribution in [0.5, 0.6) is 0 Å². The maximum atomic E-state index is 10.9. The van der Waals surface area contributed by atoms with Crippen molar-refractivity contribution in [3.8, 4) is 0 Å². The van der Waals surface area contributed by atoms with Gasteiger partial charge < -0.3 is 10.1 Å². The van der Waals surface area contributed by atoms with Crippen molar-refractivity contribution in [1.29, 1.82) is 0 Å². The molecule has 0 aromatic heterocycles. The first-order chi connectivity index (χ1) is 5.48. The average Bonchev–Trinajstić information content (AvgIpc) is 1.96. The third-order valence-electron chi connectivity index (χ3n) is 1.07. The molecule has 0 aromatic rings. The Labute approximate surface area is 86.3 Å². The number of amides is 1. The van der Waals surface area contributed by atoms with Gasteiger partial charge in [0.2, 0.25) is 0 Å². The van der Waals surface area contributed by atoms with E-state index in [-0.39, 0.29) is 0 Å². The van der Waals surface area contributed by atoms with Crippen LogP contribution in [0.1, 0.15) is 6.42 Å². The first kappa shape index (κ1) is 12.3. The van der Waals surface area contributed by atoms with Gasteiger partial charge in [0.25, 0.3) is 9.70 Å². The van der Waals surface area contributed by atoms with Gasteiger partial charge in [0.15, 0.2) is 0 Å². The lowest BCUT2D eigenvalue weighted by Crippen LogP contribution is -2.35. The maximum absolute atomic E-state index is 10.9. The van der Waals surface area contributed by atoms with E-state index in [0.29, 0.717) is 19.6 Å². The van der Waals surface area contributed by atoms with Gasteiger partial charge in [-0.1, -0.05) is 34.8 Å². The Morgan fingerprint density at radius 1 is 1.50 bits per heavy atom. The van der Waals surface area contributed by atoms with Crippen molar-refractivity contribution in [2.24, 2.45) is 0 Å². The maximum Gasteiger partial charge on any atom is 0.272 e. The second-order valence-electron chi connectivity index (χ2n) is 2.10. The van der Waals surface area contributed by atoms with Crippen LogP contribution >= 0.6 is 34.8 Å². The summed E-state index contributed by atoms with van der Waals surface area (Å²) < 4.78 is 2.89. The molecule has 1 amide bonds. The lowest BCUT2D eigenvalue weighted by atomic mass is 10.4. The number of hydrogen-bond acceptors (Lipinski definition) is 2. The van der Waals surface area contributed by atoms with Gasteiger partial charge in [0, 0.05) is 20.3 Å². The molecule has 0 radical (unpaired) electrons. The molecule has 0 aliphatic heterocycles. The lowest BCUT2D eigenvalue weighted by Gasteiger charge is -2.10. The smallest absolute Gasteiger partial charge is 0.272 e. The van der Waals surface area contributed by atoms with Crippen LogP contribution in [0, 0.1) is 0 Å². The van der Waals surface area contributed by atoms with E-state index in [1.807, 2.05) is 0 Å². The zero-order valence-electron chi connectivity index (χ0n) is 6.57. The number of hydrogen-bond donors (Lipinski definition) is 1. The van der Waals surface area contributed by atoms with E-state index in [4.69, 9.17) is 39.5 Å². The summed E-state index contributed by atoms with van der Waals surface area (Å²) in [5.74, 6) is -0.608. The fraction of sp³-hybridized carbons (Fsp3) is 0.833. The van der Waals surface area contributed by atoms with Gasteiger partial charge in [0.1, 0.15) is 0 Å². The van der Waals surface area contributed by atoms with E-state index in [2.05, 4.69) is 5.32 Å². The first-order valence-electron chi connectivity index (χ1n) is 3.32. The van der Waals surface area contributed by atoms with Crippen LogP contribution in [-0.4, -0.2) is 30.0 Å². The minimum Gasteiger partial charge on any atom is -0.385 e. The van der Waals surface area contributed by atoms with Gasteiger partial charge in [-0.2, -0.15) is 0 Å². The fourth-order valence-electron chi connectivity index (χ4n) is 0.519. The van der Waals surface area contributed by atoms with E-state index in [9.17, 15) is 4.79 Å². The Hall–Kier alpha value is 0.300. The Morgan fingerprint density at radius 3 is 2.50 bits per heavy atom. The van der Waals surface area contributed by atoms with Crippen molar-refractivity contribution in [3.63, 3.8) is 0 Å². The molecule has 0 unspecified atom stereocenters. The monoisotopic (exact) mass is 233 g/mol. The molecule has 6 heteroatoms. The number of halogens is 3. The highest BCUT2D eigenvalue weighted by atomic mass is 35.6. The second kappa shape index (κ2) is 5.86. The summed E-state index contributed by atoms with van der Waals surface area (Å²) in [5, 5.41) is 2.44. The molecule has 0 saturated carbocycles. The molecule has 0 atom stereocenters.